The van der Waals surface area contributed by atoms with Crippen LogP contribution in [-0.2, 0) is 13.2 Å². The maximum absolute atomic E-state index is 5.86. The van der Waals surface area contributed by atoms with Gasteiger partial charge >= 0.3 is 0 Å². The molecule has 0 atom stereocenters. The Kier molecular flexibility index (Phi) is 4.68. The van der Waals surface area contributed by atoms with Crippen LogP contribution in [0.15, 0.2) is 28.8 Å². The molecule has 0 aliphatic heterocycles. The van der Waals surface area contributed by atoms with E-state index >= 15 is 0 Å². The van der Waals surface area contributed by atoms with Crippen LogP contribution in [0.5, 0.6) is 5.75 Å². The van der Waals surface area contributed by atoms with Crippen molar-refractivity contribution in [1.29, 1.82) is 0 Å². The third-order valence-electron chi connectivity index (χ3n) is 3.29. The van der Waals surface area contributed by atoms with Gasteiger partial charge < -0.3 is 14.6 Å². The maximum Gasteiger partial charge on any atom is 0.140 e. The first kappa shape index (κ1) is 15.6. The normalized spacial score (nSPS) is 11.7. The van der Waals surface area contributed by atoms with Gasteiger partial charge in [-0.05, 0) is 52.3 Å². The summed E-state index contributed by atoms with van der Waals surface area (Å²) < 4.78 is 11.0. The summed E-state index contributed by atoms with van der Waals surface area (Å²) in [5, 5.41) is 7.41. The molecule has 1 heterocycles. The van der Waals surface area contributed by atoms with E-state index < -0.39 is 0 Å². The average molecular weight is 288 g/mol. The molecule has 0 amide bonds. The lowest BCUT2D eigenvalue weighted by Gasteiger charge is -2.20. The minimum Gasteiger partial charge on any atom is -0.489 e. The van der Waals surface area contributed by atoms with Gasteiger partial charge in [0.25, 0.3) is 0 Å². The van der Waals surface area contributed by atoms with E-state index in [9.17, 15) is 0 Å². The minimum absolute atomic E-state index is 0.105. The standard InChI is InChI=1S/C17H24N2O2/c1-12-16(13(2)21-19-12)11-20-15-8-6-7-14(9-15)10-18-17(3,4)5/h6-9,18H,10-11H2,1-5H3. The molecule has 2 rings (SSSR count). The van der Waals surface area contributed by atoms with Crippen LogP contribution in [0.2, 0.25) is 0 Å². The molecule has 0 radical (unpaired) electrons. The van der Waals surface area contributed by atoms with Gasteiger partial charge in [-0.2, -0.15) is 0 Å². The van der Waals surface area contributed by atoms with Crippen LogP contribution in [0.4, 0.5) is 0 Å². The molecule has 4 nitrogen and oxygen atoms in total. The fourth-order valence-corrected chi connectivity index (χ4v) is 1.98. The van der Waals surface area contributed by atoms with E-state index in [4.69, 9.17) is 9.26 Å². The SMILES string of the molecule is Cc1noc(C)c1COc1cccc(CNC(C)(C)C)c1. The van der Waals surface area contributed by atoms with E-state index in [2.05, 4.69) is 43.4 Å². The highest BCUT2D eigenvalue weighted by molar-refractivity contribution is 5.29. The number of hydrogen-bond acceptors (Lipinski definition) is 4. The zero-order valence-corrected chi connectivity index (χ0v) is 13.5. The fourth-order valence-electron chi connectivity index (χ4n) is 1.98. The van der Waals surface area contributed by atoms with Crippen molar-refractivity contribution in [3.05, 3.63) is 46.8 Å². The minimum atomic E-state index is 0.105. The average Bonchev–Trinajstić information content (AvgIpc) is 2.73. The Morgan fingerprint density at radius 3 is 2.62 bits per heavy atom. The van der Waals surface area contributed by atoms with Gasteiger partial charge in [0.1, 0.15) is 18.1 Å². The highest BCUT2D eigenvalue weighted by atomic mass is 16.5. The molecule has 4 heteroatoms. The zero-order chi connectivity index (χ0) is 15.5. The lowest BCUT2D eigenvalue weighted by molar-refractivity contribution is 0.301. The lowest BCUT2D eigenvalue weighted by atomic mass is 10.1. The summed E-state index contributed by atoms with van der Waals surface area (Å²) in [6.45, 7) is 11.6. The topological polar surface area (TPSA) is 47.3 Å². The molecule has 0 fully saturated rings. The first-order valence-electron chi connectivity index (χ1n) is 7.24. The van der Waals surface area contributed by atoms with Gasteiger partial charge in [0.15, 0.2) is 0 Å². The molecule has 0 aliphatic rings. The number of aromatic nitrogens is 1. The van der Waals surface area contributed by atoms with E-state index in [1.54, 1.807) is 0 Å². The second kappa shape index (κ2) is 6.31. The largest absolute Gasteiger partial charge is 0.489 e. The Hall–Kier alpha value is -1.81. The Morgan fingerprint density at radius 2 is 2.00 bits per heavy atom. The summed E-state index contributed by atoms with van der Waals surface area (Å²) in [7, 11) is 0. The van der Waals surface area contributed by atoms with Crippen molar-refractivity contribution in [2.75, 3.05) is 0 Å². The molecule has 2 aromatic rings. The summed E-state index contributed by atoms with van der Waals surface area (Å²) in [6, 6.07) is 8.15. The number of aryl methyl sites for hydroxylation is 2. The number of nitrogens with one attached hydrogen (secondary N) is 1. The van der Waals surface area contributed by atoms with Gasteiger partial charge in [-0.1, -0.05) is 17.3 Å². The summed E-state index contributed by atoms with van der Waals surface area (Å²) in [5.74, 6) is 1.68. The number of rotatable bonds is 5. The van der Waals surface area contributed by atoms with Gasteiger partial charge in [-0.15, -0.1) is 0 Å². The second-order valence-corrected chi connectivity index (χ2v) is 6.34. The molecule has 0 saturated carbocycles. The molecule has 0 unspecified atom stereocenters. The second-order valence-electron chi connectivity index (χ2n) is 6.34. The van der Waals surface area contributed by atoms with E-state index in [1.807, 2.05) is 26.0 Å². The third-order valence-corrected chi connectivity index (χ3v) is 3.29. The predicted molar refractivity (Wildman–Crippen MR) is 83.3 cm³/mol. The molecule has 0 spiro atoms. The van der Waals surface area contributed by atoms with Crippen LogP contribution in [0.25, 0.3) is 0 Å². The van der Waals surface area contributed by atoms with Crippen molar-refractivity contribution >= 4 is 0 Å². The molecule has 1 aromatic heterocycles. The summed E-state index contributed by atoms with van der Waals surface area (Å²) in [6.07, 6.45) is 0. The Morgan fingerprint density at radius 1 is 1.24 bits per heavy atom. The number of benzene rings is 1. The monoisotopic (exact) mass is 288 g/mol. The molecule has 0 bridgehead atoms. The van der Waals surface area contributed by atoms with E-state index in [0.717, 1.165) is 29.3 Å². The van der Waals surface area contributed by atoms with Crippen molar-refractivity contribution in [2.45, 2.75) is 53.3 Å². The van der Waals surface area contributed by atoms with E-state index in [-0.39, 0.29) is 5.54 Å². The Bertz CT molecular complexity index is 578. The van der Waals surface area contributed by atoms with Crippen LogP contribution in [0, 0.1) is 13.8 Å². The lowest BCUT2D eigenvalue weighted by Crippen LogP contribution is -2.35. The van der Waals surface area contributed by atoms with Gasteiger partial charge in [0, 0.05) is 12.1 Å². The quantitative estimate of drug-likeness (QED) is 0.910. The summed E-state index contributed by atoms with van der Waals surface area (Å²) in [4.78, 5) is 0. The molecular weight excluding hydrogens is 264 g/mol. The van der Waals surface area contributed by atoms with Crippen LogP contribution in [0.1, 0.15) is 43.4 Å². The molecule has 1 aromatic carbocycles. The van der Waals surface area contributed by atoms with Crippen molar-refractivity contribution in [3.63, 3.8) is 0 Å². The first-order valence-corrected chi connectivity index (χ1v) is 7.24. The molecular formula is C17H24N2O2. The van der Waals surface area contributed by atoms with Crippen LogP contribution >= 0.6 is 0 Å². The maximum atomic E-state index is 5.86. The number of ether oxygens (including phenoxy) is 1. The van der Waals surface area contributed by atoms with Crippen molar-refractivity contribution in [3.8, 4) is 5.75 Å². The van der Waals surface area contributed by atoms with Gasteiger partial charge in [0.05, 0.1) is 11.3 Å². The highest BCUT2D eigenvalue weighted by Crippen LogP contribution is 2.18. The number of hydrogen-bond donors (Lipinski definition) is 1. The zero-order valence-electron chi connectivity index (χ0n) is 13.5. The van der Waals surface area contributed by atoms with Gasteiger partial charge in [-0.25, -0.2) is 0 Å². The van der Waals surface area contributed by atoms with Crippen molar-refractivity contribution in [2.24, 2.45) is 0 Å². The molecule has 21 heavy (non-hydrogen) atoms. The van der Waals surface area contributed by atoms with E-state index in [0.29, 0.717) is 6.61 Å². The van der Waals surface area contributed by atoms with Gasteiger partial charge in [0.2, 0.25) is 0 Å². The first-order chi connectivity index (χ1) is 9.85. The smallest absolute Gasteiger partial charge is 0.140 e. The van der Waals surface area contributed by atoms with Crippen molar-refractivity contribution < 1.29 is 9.26 Å². The Balaban J connectivity index is 1.98. The van der Waals surface area contributed by atoms with Gasteiger partial charge in [-0.3, -0.25) is 0 Å². The van der Waals surface area contributed by atoms with Crippen LogP contribution < -0.4 is 10.1 Å². The van der Waals surface area contributed by atoms with Crippen LogP contribution in [-0.4, -0.2) is 10.7 Å². The fraction of sp³-hybridized carbons (Fsp3) is 0.471. The van der Waals surface area contributed by atoms with Crippen LogP contribution in [0.3, 0.4) is 0 Å². The molecule has 0 saturated heterocycles. The summed E-state index contributed by atoms with van der Waals surface area (Å²) in [5.41, 5.74) is 3.22. The molecule has 1 N–H and O–H groups in total. The highest BCUT2D eigenvalue weighted by Gasteiger charge is 2.11. The molecule has 0 aliphatic carbocycles. The number of nitrogens with zero attached hydrogens (tertiary/aromatic N) is 1. The Labute approximate surface area is 126 Å². The third kappa shape index (κ3) is 4.60. The summed E-state index contributed by atoms with van der Waals surface area (Å²) >= 11 is 0. The predicted octanol–water partition coefficient (Wildman–Crippen LogP) is 3.76. The molecule has 114 valence electrons. The van der Waals surface area contributed by atoms with E-state index in [1.165, 1.54) is 5.56 Å². The van der Waals surface area contributed by atoms with Crippen molar-refractivity contribution in [1.82, 2.24) is 10.5 Å².